The van der Waals surface area contributed by atoms with E-state index in [1.165, 1.54) is 22.2 Å². The van der Waals surface area contributed by atoms with Crippen LogP contribution in [0.3, 0.4) is 0 Å². The second-order valence-electron chi connectivity index (χ2n) is 8.76. The normalized spacial score (nSPS) is 13.3. The average molecular weight is 515 g/mol. The molecule has 1 aliphatic heterocycles. The summed E-state index contributed by atoms with van der Waals surface area (Å²) in [7, 11) is 0. The Bertz CT molecular complexity index is 1310. The number of esters is 1. The van der Waals surface area contributed by atoms with Crippen LogP contribution in [0.4, 0.5) is 11.4 Å². The third-order valence-corrected chi connectivity index (χ3v) is 7.05. The summed E-state index contributed by atoms with van der Waals surface area (Å²) in [5.41, 5.74) is 4.02. The van der Waals surface area contributed by atoms with Crippen LogP contribution in [-0.2, 0) is 20.7 Å². The van der Waals surface area contributed by atoms with Gasteiger partial charge in [0.05, 0.1) is 17.9 Å². The summed E-state index contributed by atoms with van der Waals surface area (Å²) in [6, 6.07) is 22.0. The molecule has 0 radical (unpaired) electrons. The van der Waals surface area contributed by atoms with Crippen molar-refractivity contribution in [1.82, 2.24) is 0 Å². The largest absolute Gasteiger partial charge is 0.462 e. The van der Waals surface area contributed by atoms with Gasteiger partial charge in [0.25, 0.3) is 11.8 Å². The van der Waals surface area contributed by atoms with Crippen molar-refractivity contribution in [2.45, 2.75) is 44.9 Å². The molecule has 0 bridgehead atoms. The molecule has 190 valence electrons. The molecule has 0 fully saturated rings. The zero-order valence-corrected chi connectivity index (χ0v) is 22.1. The molecule has 0 saturated carbocycles. The number of benzene rings is 3. The van der Waals surface area contributed by atoms with Gasteiger partial charge < -0.3 is 10.1 Å². The maximum absolute atomic E-state index is 13.6. The van der Waals surface area contributed by atoms with Crippen LogP contribution >= 0.6 is 11.8 Å². The predicted molar refractivity (Wildman–Crippen MR) is 148 cm³/mol. The lowest BCUT2D eigenvalue weighted by molar-refractivity contribution is -0.120. The number of unbranched alkanes of at least 4 members (excludes halogenated alkanes) is 1. The Kier molecular flexibility index (Phi) is 8.46. The lowest BCUT2D eigenvalue weighted by Gasteiger charge is -2.16. The summed E-state index contributed by atoms with van der Waals surface area (Å²) in [6.45, 7) is 6.18. The third kappa shape index (κ3) is 6.12. The SMILES string of the molecule is CCCCc1ccc(N2C(=O)C(Nc3ccc(C(=O)OCC)cc3)=C(Sc3ccc(C)cc3)C2=O)cc1. The minimum absolute atomic E-state index is 0.203. The fourth-order valence-electron chi connectivity index (χ4n) is 3.91. The molecule has 7 heteroatoms. The van der Waals surface area contributed by atoms with Gasteiger partial charge in [-0.3, -0.25) is 9.59 Å². The Labute approximate surface area is 221 Å². The van der Waals surface area contributed by atoms with Gasteiger partial charge in [-0.05, 0) is 80.8 Å². The standard InChI is InChI=1S/C30H30N2O4S/c1-4-6-7-21-10-16-24(17-11-21)32-28(33)26(27(29(32)34)37-25-18-8-20(3)9-19-25)31-23-14-12-22(13-15-23)30(35)36-5-2/h8-19,31H,4-7H2,1-3H3. The summed E-state index contributed by atoms with van der Waals surface area (Å²) in [4.78, 5) is 41.6. The van der Waals surface area contributed by atoms with E-state index in [0.29, 0.717) is 21.8 Å². The number of nitrogens with one attached hydrogen (secondary N) is 1. The number of nitrogens with zero attached hydrogens (tertiary/aromatic N) is 1. The van der Waals surface area contributed by atoms with Gasteiger partial charge in [0, 0.05) is 10.6 Å². The maximum Gasteiger partial charge on any atom is 0.338 e. The van der Waals surface area contributed by atoms with E-state index in [1.807, 2.05) is 55.5 Å². The van der Waals surface area contributed by atoms with Crippen LogP contribution in [0.15, 0.2) is 88.3 Å². The Morgan fingerprint density at radius 3 is 2.19 bits per heavy atom. The molecular weight excluding hydrogens is 484 g/mol. The van der Waals surface area contributed by atoms with Crippen molar-refractivity contribution in [1.29, 1.82) is 0 Å². The Morgan fingerprint density at radius 2 is 1.57 bits per heavy atom. The highest BCUT2D eigenvalue weighted by Gasteiger charge is 2.40. The first-order valence-electron chi connectivity index (χ1n) is 12.4. The fourth-order valence-corrected chi connectivity index (χ4v) is 4.84. The molecule has 0 unspecified atom stereocenters. The monoisotopic (exact) mass is 514 g/mol. The summed E-state index contributed by atoms with van der Waals surface area (Å²) < 4.78 is 5.04. The second kappa shape index (κ2) is 11.9. The lowest BCUT2D eigenvalue weighted by atomic mass is 10.1. The van der Waals surface area contributed by atoms with Crippen molar-refractivity contribution in [2.24, 2.45) is 0 Å². The number of carbonyl (C=O) groups is 3. The summed E-state index contributed by atoms with van der Waals surface area (Å²) in [5, 5.41) is 3.13. The number of hydrogen-bond donors (Lipinski definition) is 1. The van der Waals surface area contributed by atoms with E-state index in [1.54, 1.807) is 31.2 Å². The molecule has 0 atom stereocenters. The van der Waals surface area contributed by atoms with E-state index < -0.39 is 11.9 Å². The molecule has 37 heavy (non-hydrogen) atoms. The molecule has 0 saturated heterocycles. The Hall–Kier alpha value is -3.84. The van der Waals surface area contributed by atoms with Crippen molar-refractivity contribution in [3.05, 3.63) is 100 Å². The van der Waals surface area contributed by atoms with Gasteiger partial charge in [0.2, 0.25) is 0 Å². The van der Waals surface area contributed by atoms with Gasteiger partial charge in [0.1, 0.15) is 10.6 Å². The van der Waals surface area contributed by atoms with Crippen molar-refractivity contribution in [2.75, 3.05) is 16.8 Å². The van der Waals surface area contributed by atoms with E-state index >= 15 is 0 Å². The molecule has 2 amide bonds. The van der Waals surface area contributed by atoms with E-state index in [-0.39, 0.29) is 18.2 Å². The topological polar surface area (TPSA) is 75.7 Å². The number of rotatable bonds is 10. The summed E-state index contributed by atoms with van der Waals surface area (Å²) in [5.74, 6) is -1.21. The van der Waals surface area contributed by atoms with Crippen LogP contribution in [-0.4, -0.2) is 24.4 Å². The molecule has 0 aliphatic carbocycles. The molecule has 0 aromatic heterocycles. The molecule has 3 aromatic carbocycles. The van der Waals surface area contributed by atoms with Crippen LogP contribution in [0.1, 0.15) is 48.2 Å². The first kappa shape index (κ1) is 26.2. The Morgan fingerprint density at radius 1 is 0.892 bits per heavy atom. The number of anilines is 2. The van der Waals surface area contributed by atoms with E-state index in [2.05, 4.69) is 12.2 Å². The minimum Gasteiger partial charge on any atom is -0.462 e. The molecule has 4 rings (SSSR count). The molecule has 1 heterocycles. The van der Waals surface area contributed by atoms with Crippen LogP contribution in [0.5, 0.6) is 0 Å². The van der Waals surface area contributed by atoms with E-state index in [4.69, 9.17) is 4.74 Å². The number of aryl methyl sites for hydroxylation is 2. The second-order valence-corrected chi connectivity index (χ2v) is 9.84. The maximum atomic E-state index is 13.6. The highest BCUT2D eigenvalue weighted by Crippen LogP contribution is 2.38. The van der Waals surface area contributed by atoms with Gasteiger partial charge in [-0.15, -0.1) is 0 Å². The molecular formula is C30H30N2O4S. The van der Waals surface area contributed by atoms with Crippen molar-refractivity contribution in [3.8, 4) is 0 Å². The number of ether oxygens (including phenoxy) is 1. The molecule has 1 aliphatic rings. The van der Waals surface area contributed by atoms with Gasteiger partial charge >= 0.3 is 5.97 Å². The van der Waals surface area contributed by atoms with Gasteiger partial charge in [-0.1, -0.05) is 54.9 Å². The van der Waals surface area contributed by atoms with Crippen LogP contribution in [0, 0.1) is 6.92 Å². The highest BCUT2D eigenvalue weighted by atomic mass is 32.2. The zero-order valence-electron chi connectivity index (χ0n) is 21.2. The van der Waals surface area contributed by atoms with E-state index in [0.717, 1.165) is 29.7 Å². The number of amides is 2. The summed E-state index contributed by atoms with van der Waals surface area (Å²) in [6.07, 6.45) is 3.15. The van der Waals surface area contributed by atoms with Gasteiger partial charge in [-0.2, -0.15) is 0 Å². The summed E-state index contributed by atoms with van der Waals surface area (Å²) >= 11 is 1.26. The average Bonchev–Trinajstić information content (AvgIpc) is 3.13. The minimum atomic E-state index is -0.421. The number of imide groups is 1. The van der Waals surface area contributed by atoms with Crippen molar-refractivity contribution < 1.29 is 19.1 Å². The molecule has 0 spiro atoms. The van der Waals surface area contributed by atoms with Crippen LogP contribution in [0.25, 0.3) is 0 Å². The fraction of sp³-hybridized carbons (Fsp3) is 0.233. The first-order chi connectivity index (χ1) is 17.9. The molecule has 1 N–H and O–H groups in total. The van der Waals surface area contributed by atoms with Crippen molar-refractivity contribution >= 4 is 40.9 Å². The molecule has 6 nitrogen and oxygen atoms in total. The van der Waals surface area contributed by atoms with Gasteiger partial charge in [0.15, 0.2) is 0 Å². The smallest absolute Gasteiger partial charge is 0.338 e. The zero-order chi connectivity index (χ0) is 26.4. The number of thioether (sulfide) groups is 1. The van der Waals surface area contributed by atoms with Gasteiger partial charge in [-0.25, -0.2) is 9.69 Å². The molecule has 3 aromatic rings. The lowest BCUT2D eigenvalue weighted by Crippen LogP contribution is -2.32. The third-order valence-electron chi connectivity index (χ3n) is 5.96. The number of hydrogen-bond acceptors (Lipinski definition) is 6. The van der Waals surface area contributed by atoms with Crippen molar-refractivity contribution in [3.63, 3.8) is 0 Å². The predicted octanol–water partition coefficient (Wildman–Crippen LogP) is 6.50. The first-order valence-corrected chi connectivity index (χ1v) is 13.2. The Balaban J connectivity index is 1.64. The quantitative estimate of drug-likeness (QED) is 0.246. The number of carbonyl (C=O) groups excluding carboxylic acids is 3. The highest BCUT2D eigenvalue weighted by molar-refractivity contribution is 8.04. The van der Waals surface area contributed by atoms with Crippen LogP contribution < -0.4 is 10.2 Å². The van der Waals surface area contributed by atoms with E-state index in [9.17, 15) is 14.4 Å². The van der Waals surface area contributed by atoms with Crippen LogP contribution in [0.2, 0.25) is 0 Å².